The first kappa shape index (κ1) is 21.1. The van der Waals surface area contributed by atoms with Gasteiger partial charge in [0.25, 0.3) is 0 Å². The van der Waals surface area contributed by atoms with Gasteiger partial charge < -0.3 is 5.32 Å². The number of nitrogens with zero attached hydrogens (tertiary/aromatic N) is 1. The molecule has 5 nitrogen and oxygen atoms in total. The van der Waals surface area contributed by atoms with Gasteiger partial charge in [0.1, 0.15) is 5.82 Å². The second-order valence-electron chi connectivity index (χ2n) is 6.41. The molecule has 0 aliphatic carbocycles. The van der Waals surface area contributed by atoms with E-state index < -0.39 is 10.0 Å². The van der Waals surface area contributed by atoms with Gasteiger partial charge in [-0.25, -0.2) is 12.8 Å². The van der Waals surface area contributed by atoms with Crippen LogP contribution in [0.25, 0.3) is 0 Å². The molecule has 2 rings (SSSR count). The Morgan fingerprint density at radius 3 is 2.26 bits per heavy atom. The van der Waals surface area contributed by atoms with Crippen LogP contribution in [0.1, 0.15) is 17.5 Å². The minimum Gasteiger partial charge on any atom is -0.355 e. The topological polar surface area (TPSA) is 66.5 Å². The summed E-state index contributed by atoms with van der Waals surface area (Å²) in [6.45, 7) is 0.461. The molecule has 0 radical (unpaired) electrons. The highest BCUT2D eigenvalue weighted by molar-refractivity contribution is 7.88. The predicted octanol–water partition coefficient (Wildman–Crippen LogP) is 2.38. The number of carbonyl (C=O) groups is 1. The molecule has 0 heterocycles. The monoisotopic (exact) mass is 392 g/mol. The van der Waals surface area contributed by atoms with Crippen LogP contribution >= 0.6 is 0 Å². The van der Waals surface area contributed by atoms with Crippen LogP contribution in [0.4, 0.5) is 4.39 Å². The minimum atomic E-state index is -3.47. The molecule has 0 saturated heterocycles. The maximum atomic E-state index is 12.9. The van der Waals surface area contributed by atoms with Gasteiger partial charge in [-0.15, -0.1) is 0 Å². The normalized spacial score (nSPS) is 11.5. The van der Waals surface area contributed by atoms with Gasteiger partial charge in [0.2, 0.25) is 15.9 Å². The Labute approximate surface area is 160 Å². The van der Waals surface area contributed by atoms with Crippen molar-refractivity contribution in [2.75, 3.05) is 25.9 Å². The van der Waals surface area contributed by atoms with Crippen LogP contribution in [-0.4, -0.2) is 44.5 Å². The Kier molecular flexibility index (Phi) is 7.94. The lowest BCUT2D eigenvalue weighted by molar-refractivity contribution is -0.121. The molecule has 0 fully saturated rings. The molecule has 2 aromatic rings. The average molecular weight is 392 g/mol. The van der Waals surface area contributed by atoms with Crippen molar-refractivity contribution in [3.8, 4) is 0 Å². The summed E-state index contributed by atoms with van der Waals surface area (Å²) in [4.78, 5) is 12.1. The molecule has 1 amide bonds. The van der Waals surface area contributed by atoms with Crippen molar-refractivity contribution in [3.63, 3.8) is 0 Å². The molecule has 0 unspecified atom stereocenters. The van der Waals surface area contributed by atoms with Crippen molar-refractivity contribution in [3.05, 3.63) is 71.5 Å². The van der Waals surface area contributed by atoms with Gasteiger partial charge >= 0.3 is 0 Å². The molecular weight excluding hydrogens is 367 g/mol. The first-order valence-corrected chi connectivity index (χ1v) is 10.7. The zero-order valence-electron chi connectivity index (χ0n) is 15.4. The Morgan fingerprint density at radius 1 is 1.00 bits per heavy atom. The van der Waals surface area contributed by atoms with Crippen LogP contribution in [0.15, 0.2) is 54.6 Å². The summed E-state index contributed by atoms with van der Waals surface area (Å²) in [6, 6.07) is 15.9. The van der Waals surface area contributed by atoms with Crippen LogP contribution in [0.3, 0.4) is 0 Å². The molecule has 0 spiro atoms. The number of aryl methyl sites for hydroxylation is 1. The molecule has 0 saturated carbocycles. The molecular formula is C20H25FN2O3S. The molecule has 0 aromatic heterocycles. The Balaban J connectivity index is 1.78. The number of carbonyl (C=O) groups excluding carboxylic acids is 1. The highest BCUT2D eigenvalue weighted by Gasteiger charge is 2.19. The summed E-state index contributed by atoms with van der Waals surface area (Å²) in [7, 11) is -3.47. The van der Waals surface area contributed by atoms with Gasteiger partial charge in [-0.3, -0.25) is 4.79 Å². The Hall–Kier alpha value is -2.25. The van der Waals surface area contributed by atoms with Gasteiger partial charge in [0, 0.05) is 13.1 Å². The van der Waals surface area contributed by atoms with Crippen LogP contribution in [-0.2, 0) is 27.7 Å². The summed E-state index contributed by atoms with van der Waals surface area (Å²) < 4.78 is 38.0. The van der Waals surface area contributed by atoms with Crippen molar-refractivity contribution in [2.24, 2.45) is 0 Å². The molecule has 0 aliphatic heterocycles. The highest BCUT2D eigenvalue weighted by atomic mass is 32.2. The lowest BCUT2D eigenvalue weighted by Gasteiger charge is -2.19. The Bertz CT molecular complexity index is 824. The average Bonchev–Trinajstić information content (AvgIpc) is 2.62. The number of halogens is 1. The third kappa shape index (κ3) is 7.88. The molecule has 2 aromatic carbocycles. The third-order valence-electron chi connectivity index (χ3n) is 4.15. The van der Waals surface area contributed by atoms with E-state index in [-0.39, 0.29) is 18.3 Å². The quantitative estimate of drug-likeness (QED) is 0.675. The standard InChI is InChI=1S/C20H25FN2O3S/c1-27(25,26)23(15-5-8-17-6-3-2-4-7-17)16-20(24)22-14-13-18-9-11-19(21)12-10-18/h2-4,6-7,9-12H,5,8,13-16H2,1H3,(H,22,24). The van der Waals surface area contributed by atoms with Crippen molar-refractivity contribution in [2.45, 2.75) is 19.3 Å². The number of amides is 1. The molecule has 7 heteroatoms. The SMILES string of the molecule is CS(=O)(=O)N(CCCc1ccccc1)CC(=O)NCCc1ccc(F)cc1. The van der Waals surface area contributed by atoms with Gasteiger partial charge in [0.15, 0.2) is 0 Å². The van der Waals surface area contributed by atoms with Crippen molar-refractivity contribution < 1.29 is 17.6 Å². The van der Waals surface area contributed by atoms with Gasteiger partial charge in [-0.1, -0.05) is 42.5 Å². The summed E-state index contributed by atoms with van der Waals surface area (Å²) in [5.41, 5.74) is 2.04. The van der Waals surface area contributed by atoms with E-state index in [1.54, 1.807) is 12.1 Å². The smallest absolute Gasteiger partial charge is 0.235 e. The summed E-state index contributed by atoms with van der Waals surface area (Å²) in [5, 5.41) is 2.72. The fourth-order valence-electron chi connectivity index (χ4n) is 2.68. The van der Waals surface area contributed by atoms with Crippen LogP contribution in [0, 0.1) is 5.82 Å². The van der Waals surface area contributed by atoms with E-state index in [1.165, 1.54) is 16.4 Å². The minimum absolute atomic E-state index is 0.197. The number of nitrogens with one attached hydrogen (secondary N) is 1. The summed E-state index contributed by atoms with van der Waals surface area (Å²) >= 11 is 0. The maximum Gasteiger partial charge on any atom is 0.235 e. The second kappa shape index (κ2) is 10.2. The van der Waals surface area contributed by atoms with Gasteiger partial charge in [0.05, 0.1) is 12.8 Å². The zero-order valence-corrected chi connectivity index (χ0v) is 16.2. The molecule has 0 bridgehead atoms. The summed E-state index contributed by atoms with van der Waals surface area (Å²) in [6.07, 6.45) is 3.05. The van der Waals surface area contributed by atoms with E-state index in [4.69, 9.17) is 0 Å². The highest BCUT2D eigenvalue weighted by Crippen LogP contribution is 2.06. The molecule has 1 N–H and O–H groups in total. The van der Waals surface area contributed by atoms with Crippen LogP contribution in [0.5, 0.6) is 0 Å². The first-order chi connectivity index (χ1) is 12.8. The molecule has 0 aliphatic rings. The van der Waals surface area contributed by atoms with E-state index in [0.29, 0.717) is 25.9 Å². The van der Waals surface area contributed by atoms with E-state index in [0.717, 1.165) is 23.8 Å². The van der Waals surface area contributed by atoms with E-state index in [1.807, 2.05) is 30.3 Å². The van der Waals surface area contributed by atoms with Crippen molar-refractivity contribution in [1.29, 1.82) is 0 Å². The first-order valence-electron chi connectivity index (χ1n) is 8.85. The lowest BCUT2D eigenvalue weighted by atomic mass is 10.1. The predicted molar refractivity (Wildman–Crippen MR) is 104 cm³/mol. The van der Waals surface area contributed by atoms with E-state index in [2.05, 4.69) is 5.32 Å². The third-order valence-corrected chi connectivity index (χ3v) is 5.40. The van der Waals surface area contributed by atoms with Crippen LogP contribution in [0.2, 0.25) is 0 Å². The van der Waals surface area contributed by atoms with E-state index >= 15 is 0 Å². The number of hydrogen-bond acceptors (Lipinski definition) is 3. The fraction of sp³-hybridized carbons (Fsp3) is 0.350. The largest absolute Gasteiger partial charge is 0.355 e. The number of sulfonamides is 1. The lowest BCUT2D eigenvalue weighted by Crippen LogP contribution is -2.41. The second-order valence-corrected chi connectivity index (χ2v) is 8.39. The van der Waals surface area contributed by atoms with Crippen molar-refractivity contribution >= 4 is 15.9 Å². The number of benzene rings is 2. The number of rotatable bonds is 10. The molecule has 146 valence electrons. The molecule has 27 heavy (non-hydrogen) atoms. The van der Waals surface area contributed by atoms with E-state index in [9.17, 15) is 17.6 Å². The fourth-order valence-corrected chi connectivity index (χ4v) is 3.49. The van der Waals surface area contributed by atoms with Crippen LogP contribution < -0.4 is 5.32 Å². The summed E-state index contributed by atoms with van der Waals surface area (Å²) in [5.74, 6) is -0.649. The Morgan fingerprint density at radius 2 is 1.63 bits per heavy atom. The van der Waals surface area contributed by atoms with Gasteiger partial charge in [-0.05, 0) is 42.5 Å². The van der Waals surface area contributed by atoms with Gasteiger partial charge in [-0.2, -0.15) is 4.31 Å². The molecule has 0 atom stereocenters. The van der Waals surface area contributed by atoms with Crippen molar-refractivity contribution in [1.82, 2.24) is 9.62 Å². The zero-order chi connectivity index (χ0) is 19.7. The number of hydrogen-bond donors (Lipinski definition) is 1. The maximum absolute atomic E-state index is 12.9.